The minimum Gasteiger partial charge on any atom is -0.306 e. The van der Waals surface area contributed by atoms with E-state index >= 15 is 0 Å². The van der Waals surface area contributed by atoms with Crippen LogP contribution < -0.4 is 5.32 Å². The van der Waals surface area contributed by atoms with Gasteiger partial charge in [-0.25, -0.2) is 0 Å². The van der Waals surface area contributed by atoms with Crippen LogP contribution in [0.3, 0.4) is 0 Å². The number of hydrogen-bond acceptors (Lipinski definition) is 3. The fourth-order valence-electron chi connectivity index (χ4n) is 1.48. The zero-order chi connectivity index (χ0) is 8.48. The maximum atomic E-state index is 11.1. The average molecular weight is 173 g/mol. The number of carbonyl (C=O) groups is 1. The molecule has 1 rings (SSSR count). The molecular weight excluding hydrogens is 158 g/mol. The Morgan fingerprint density at radius 3 is 2.64 bits per heavy atom. The van der Waals surface area contributed by atoms with Gasteiger partial charge >= 0.3 is 0 Å². The van der Waals surface area contributed by atoms with Gasteiger partial charge in [-0.3, -0.25) is 4.79 Å². The molecule has 2 nitrogen and oxygen atoms in total. The largest absolute Gasteiger partial charge is 0.306 e. The third kappa shape index (κ3) is 1.97. The van der Waals surface area contributed by atoms with Gasteiger partial charge in [0.1, 0.15) is 5.78 Å². The molecule has 0 bridgehead atoms. The molecule has 0 saturated carbocycles. The van der Waals surface area contributed by atoms with Crippen LogP contribution in [0.25, 0.3) is 0 Å². The molecule has 64 valence electrons. The minimum absolute atomic E-state index is 0.0428. The molecule has 1 unspecified atom stereocenters. The van der Waals surface area contributed by atoms with E-state index in [1.54, 1.807) is 6.92 Å². The van der Waals surface area contributed by atoms with Gasteiger partial charge in [-0.15, -0.1) is 0 Å². The second-order valence-electron chi connectivity index (χ2n) is 3.45. The number of ketones is 1. The number of nitrogens with one attached hydrogen (secondary N) is 1. The average Bonchev–Trinajstić information content (AvgIpc) is 1.85. The highest BCUT2D eigenvalue weighted by atomic mass is 32.2. The van der Waals surface area contributed by atoms with E-state index in [0.717, 1.165) is 12.3 Å². The molecule has 0 aromatic carbocycles. The third-order valence-electron chi connectivity index (χ3n) is 2.03. The van der Waals surface area contributed by atoms with Crippen molar-refractivity contribution in [1.29, 1.82) is 0 Å². The summed E-state index contributed by atoms with van der Waals surface area (Å²) >= 11 is 1.87. The summed E-state index contributed by atoms with van der Waals surface area (Å²) in [6, 6.07) is 0.0428. The Morgan fingerprint density at radius 1 is 1.64 bits per heavy atom. The van der Waals surface area contributed by atoms with Crippen LogP contribution in [-0.4, -0.2) is 28.9 Å². The quantitative estimate of drug-likeness (QED) is 0.643. The van der Waals surface area contributed by atoms with Crippen molar-refractivity contribution in [3.05, 3.63) is 0 Å². The zero-order valence-corrected chi connectivity index (χ0v) is 8.12. The molecule has 1 aliphatic heterocycles. The highest BCUT2D eigenvalue weighted by Gasteiger charge is 2.35. The molecule has 1 aliphatic rings. The van der Waals surface area contributed by atoms with E-state index in [2.05, 4.69) is 19.2 Å². The monoisotopic (exact) mass is 173 g/mol. The number of thioether (sulfide) groups is 1. The lowest BCUT2D eigenvalue weighted by Crippen LogP contribution is -2.53. The normalized spacial score (nSPS) is 29.9. The lowest BCUT2D eigenvalue weighted by molar-refractivity contribution is -0.119. The van der Waals surface area contributed by atoms with Crippen LogP contribution >= 0.6 is 11.8 Å². The molecule has 0 radical (unpaired) electrons. The topological polar surface area (TPSA) is 29.1 Å². The van der Waals surface area contributed by atoms with Crippen LogP contribution in [0.4, 0.5) is 0 Å². The van der Waals surface area contributed by atoms with Crippen molar-refractivity contribution in [2.45, 2.75) is 31.6 Å². The van der Waals surface area contributed by atoms with Crippen molar-refractivity contribution < 1.29 is 4.79 Å². The Morgan fingerprint density at radius 2 is 2.27 bits per heavy atom. The second-order valence-corrected chi connectivity index (χ2v) is 5.20. The summed E-state index contributed by atoms with van der Waals surface area (Å²) in [6.07, 6.45) is 0. The first-order valence-corrected chi connectivity index (χ1v) is 4.90. The van der Waals surface area contributed by atoms with Gasteiger partial charge in [0.15, 0.2) is 0 Å². The van der Waals surface area contributed by atoms with Crippen LogP contribution in [0.5, 0.6) is 0 Å². The Hall–Kier alpha value is -0.0200. The smallest absolute Gasteiger partial charge is 0.148 e. The second kappa shape index (κ2) is 3.15. The minimum atomic E-state index is 0.0428. The van der Waals surface area contributed by atoms with E-state index in [9.17, 15) is 4.79 Å². The van der Waals surface area contributed by atoms with E-state index in [1.807, 2.05) is 11.8 Å². The van der Waals surface area contributed by atoms with Crippen LogP contribution in [0.1, 0.15) is 20.8 Å². The van der Waals surface area contributed by atoms with Crippen LogP contribution in [0.2, 0.25) is 0 Å². The number of Topliss-reactive ketones (excluding diaryl/α,β-unsaturated/α-hetero) is 1. The lowest BCUT2D eigenvalue weighted by atomic mass is 9.99. The Kier molecular flexibility index (Phi) is 2.60. The van der Waals surface area contributed by atoms with E-state index in [4.69, 9.17) is 0 Å². The summed E-state index contributed by atoms with van der Waals surface area (Å²) in [6.45, 7) is 6.86. The van der Waals surface area contributed by atoms with Gasteiger partial charge in [0.25, 0.3) is 0 Å². The van der Waals surface area contributed by atoms with E-state index in [1.165, 1.54) is 0 Å². The number of hydrogen-bond donors (Lipinski definition) is 1. The molecule has 0 aromatic rings. The highest BCUT2D eigenvalue weighted by Crippen LogP contribution is 2.30. The van der Waals surface area contributed by atoms with Gasteiger partial charge in [0.2, 0.25) is 0 Å². The Balaban J connectivity index is 2.67. The number of carbonyl (C=O) groups excluding carboxylic acids is 1. The van der Waals surface area contributed by atoms with Gasteiger partial charge in [0, 0.05) is 17.0 Å². The SMILES string of the molecule is CC(=O)C1NCCSC1(C)C. The fraction of sp³-hybridized carbons (Fsp3) is 0.875. The first-order chi connectivity index (χ1) is 5.04. The summed E-state index contributed by atoms with van der Waals surface area (Å²) < 4.78 is 0.0735. The van der Waals surface area contributed by atoms with Gasteiger partial charge in [-0.05, 0) is 20.8 Å². The van der Waals surface area contributed by atoms with Crippen LogP contribution in [0.15, 0.2) is 0 Å². The first-order valence-electron chi connectivity index (χ1n) is 3.92. The molecule has 0 aromatic heterocycles. The van der Waals surface area contributed by atoms with Gasteiger partial charge < -0.3 is 5.32 Å². The summed E-state index contributed by atoms with van der Waals surface area (Å²) in [5.41, 5.74) is 0. The van der Waals surface area contributed by atoms with Crippen molar-refractivity contribution in [2.24, 2.45) is 0 Å². The molecule has 0 spiro atoms. The van der Waals surface area contributed by atoms with E-state index in [-0.39, 0.29) is 16.6 Å². The summed E-state index contributed by atoms with van der Waals surface area (Å²) in [5.74, 6) is 1.36. The van der Waals surface area contributed by atoms with Crippen LogP contribution in [0, 0.1) is 0 Å². The summed E-state index contributed by atoms with van der Waals surface area (Å²) in [5, 5.41) is 3.24. The molecular formula is C8H15NOS. The van der Waals surface area contributed by atoms with Crippen molar-refractivity contribution in [2.75, 3.05) is 12.3 Å². The highest BCUT2D eigenvalue weighted by molar-refractivity contribution is 8.00. The number of rotatable bonds is 1. The van der Waals surface area contributed by atoms with Gasteiger partial charge in [-0.1, -0.05) is 0 Å². The van der Waals surface area contributed by atoms with E-state index in [0.29, 0.717) is 0 Å². The summed E-state index contributed by atoms with van der Waals surface area (Å²) in [7, 11) is 0. The van der Waals surface area contributed by atoms with Gasteiger partial charge in [0.05, 0.1) is 6.04 Å². The van der Waals surface area contributed by atoms with Crippen molar-refractivity contribution in [3.8, 4) is 0 Å². The van der Waals surface area contributed by atoms with E-state index < -0.39 is 0 Å². The predicted octanol–water partition coefficient (Wildman–Crippen LogP) is 1.06. The molecule has 0 amide bonds. The standard InChI is InChI=1S/C8H15NOS/c1-6(10)7-8(2,3)11-5-4-9-7/h7,9H,4-5H2,1-3H3. The van der Waals surface area contributed by atoms with Crippen LogP contribution in [-0.2, 0) is 4.79 Å². The molecule has 3 heteroatoms. The summed E-state index contributed by atoms with van der Waals surface area (Å²) in [4.78, 5) is 11.1. The predicted molar refractivity (Wildman–Crippen MR) is 49.0 cm³/mol. The molecule has 1 atom stereocenters. The molecule has 1 heterocycles. The zero-order valence-electron chi connectivity index (χ0n) is 7.31. The van der Waals surface area contributed by atoms with Crippen molar-refractivity contribution in [1.82, 2.24) is 5.32 Å². The molecule has 1 saturated heterocycles. The molecule has 11 heavy (non-hydrogen) atoms. The molecule has 0 aliphatic carbocycles. The van der Waals surface area contributed by atoms with Crippen molar-refractivity contribution >= 4 is 17.5 Å². The lowest BCUT2D eigenvalue weighted by Gasteiger charge is -2.37. The Bertz CT molecular complexity index is 167. The van der Waals surface area contributed by atoms with Gasteiger partial charge in [-0.2, -0.15) is 11.8 Å². The molecule has 1 N–H and O–H groups in total. The molecule has 1 fully saturated rings. The maximum absolute atomic E-state index is 11.1. The first kappa shape index (κ1) is 9.07. The Labute approximate surface area is 72.1 Å². The third-order valence-corrected chi connectivity index (χ3v) is 3.41. The fourth-order valence-corrected chi connectivity index (χ4v) is 2.64. The van der Waals surface area contributed by atoms with Crippen molar-refractivity contribution in [3.63, 3.8) is 0 Å². The maximum Gasteiger partial charge on any atom is 0.148 e.